The summed E-state index contributed by atoms with van der Waals surface area (Å²) in [5.74, 6) is 0. The highest BCUT2D eigenvalue weighted by atomic mass is 16.5. The Labute approximate surface area is 65.2 Å². The first-order valence-corrected chi connectivity index (χ1v) is 3.69. The van der Waals surface area contributed by atoms with Gasteiger partial charge in [-0.25, -0.2) is 4.98 Å². The molecule has 1 aliphatic heterocycles. The Bertz CT molecular complexity index is 228. The van der Waals surface area contributed by atoms with Gasteiger partial charge in [-0.3, -0.25) is 4.68 Å². The minimum absolute atomic E-state index is 0.285. The molecule has 11 heavy (non-hydrogen) atoms. The van der Waals surface area contributed by atoms with E-state index in [1.807, 2.05) is 4.68 Å². The summed E-state index contributed by atoms with van der Waals surface area (Å²) in [4.78, 5) is 3.88. The molecule has 0 radical (unpaired) electrons. The Morgan fingerprint density at radius 2 is 2.45 bits per heavy atom. The Morgan fingerprint density at radius 3 is 2.91 bits per heavy atom. The van der Waals surface area contributed by atoms with E-state index in [-0.39, 0.29) is 5.41 Å². The molecule has 0 atom stereocenters. The van der Waals surface area contributed by atoms with Gasteiger partial charge in [0, 0.05) is 5.41 Å². The average molecular weight is 153 g/mol. The molecule has 0 spiro atoms. The minimum Gasteiger partial charge on any atom is -0.380 e. The highest BCUT2D eigenvalue weighted by Gasteiger charge is 2.33. The highest BCUT2D eigenvalue weighted by molar-refractivity contribution is 4.80. The molecule has 2 rings (SSSR count). The van der Waals surface area contributed by atoms with Crippen molar-refractivity contribution in [3.05, 3.63) is 12.7 Å². The molecule has 1 aromatic rings. The lowest BCUT2D eigenvalue weighted by Crippen LogP contribution is -2.43. The third-order valence-electron chi connectivity index (χ3n) is 1.91. The number of aromatic nitrogens is 3. The quantitative estimate of drug-likeness (QED) is 0.614. The van der Waals surface area contributed by atoms with E-state index in [9.17, 15) is 0 Å². The lowest BCUT2D eigenvalue weighted by Gasteiger charge is -2.37. The number of nitrogens with zero attached hydrogens (tertiary/aromatic N) is 3. The van der Waals surface area contributed by atoms with Gasteiger partial charge in [-0.05, 0) is 0 Å². The molecule has 1 aromatic heterocycles. The third-order valence-corrected chi connectivity index (χ3v) is 1.91. The van der Waals surface area contributed by atoms with Gasteiger partial charge in [0.25, 0.3) is 0 Å². The SMILES string of the molecule is CC1(Cn2cncn2)COC1. The van der Waals surface area contributed by atoms with E-state index < -0.39 is 0 Å². The summed E-state index contributed by atoms with van der Waals surface area (Å²) in [7, 11) is 0. The standard InChI is InChI=1S/C7H11N3O/c1-7(3-11-4-7)2-10-6-8-5-9-10/h5-6H,2-4H2,1H3. The normalized spacial score (nSPS) is 21.2. The van der Waals surface area contributed by atoms with E-state index in [0.29, 0.717) is 0 Å². The predicted molar refractivity (Wildman–Crippen MR) is 38.9 cm³/mol. The molecule has 0 aliphatic carbocycles. The minimum atomic E-state index is 0.285. The van der Waals surface area contributed by atoms with Gasteiger partial charge in [0.05, 0.1) is 19.8 Å². The van der Waals surface area contributed by atoms with Crippen molar-refractivity contribution >= 4 is 0 Å². The van der Waals surface area contributed by atoms with E-state index in [1.165, 1.54) is 0 Å². The van der Waals surface area contributed by atoms with Gasteiger partial charge >= 0.3 is 0 Å². The second-order valence-corrected chi connectivity index (χ2v) is 3.40. The van der Waals surface area contributed by atoms with Crippen LogP contribution in [0.2, 0.25) is 0 Å². The van der Waals surface area contributed by atoms with Crippen LogP contribution in [0.1, 0.15) is 6.92 Å². The fraction of sp³-hybridized carbons (Fsp3) is 0.714. The Kier molecular flexibility index (Phi) is 1.42. The molecule has 0 amide bonds. The monoisotopic (exact) mass is 153 g/mol. The summed E-state index contributed by atoms with van der Waals surface area (Å²) in [6.45, 7) is 4.78. The van der Waals surface area contributed by atoms with E-state index in [0.717, 1.165) is 19.8 Å². The Morgan fingerprint density at radius 1 is 1.64 bits per heavy atom. The molecule has 1 fully saturated rings. The third kappa shape index (κ3) is 1.26. The van der Waals surface area contributed by atoms with Crippen molar-refractivity contribution in [3.63, 3.8) is 0 Å². The zero-order valence-electron chi connectivity index (χ0n) is 6.53. The maximum absolute atomic E-state index is 5.13. The van der Waals surface area contributed by atoms with Gasteiger partial charge in [0.1, 0.15) is 12.7 Å². The van der Waals surface area contributed by atoms with Gasteiger partial charge < -0.3 is 4.74 Å². The molecule has 4 nitrogen and oxygen atoms in total. The molecule has 60 valence electrons. The van der Waals surface area contributed by atoms with Crippen molar-refractivity contribution in [3.8, 4) is 0 Å². The number of rotatable bonds is 2. The second kappa shape index (κ2) is 2.30. The predicted octanol–water partition coefficient (Wildman–Crippen LogP) is 0.315. The molecule has 4 heteroatoms. The first-order chi connectivity index (χ1) is 5.29. The van der Waals surface area contributed by atoms with Gasteiger partial charge in [0.2, 0.25) is 0 Å². The summed E-state index contributed by atoms with van der Waals surface area (Å²) in [6, 6.07) is 0. The maximum atomic E-state index is 5.13. The second-order valence-electron chi connectivity index (χ2n) is 3.40. The summed E-state index contributed by atoms with van der Waals surface area (Å²) in [6.07, 6.45) is 3.30. The van der Waals surface area contributed by atoms with Crippen LogP contribution in [0.5, 0.6) is 0 Å². The molecule has 2 heterocycles. The van der Waals surface area contributed by atoms with Gasteiger partial charge in [-0.1, -0.05) is 6.92 Å². The van der Waals surface area contributed by atoms with E-state index in [2.05, 4.69) is 17.0 Å². The van der Waals surface area contributed by atoms with Crippen LogP contribution in [0.15, 0.2) is 12.7 Å². The van der Waals surface area contributed by atoms with Crippen molar-refractivity contribution < 1.29 is 4.74 Å². The van der Waals surface area contributed by atoms with Crippen LogP contribution in [0.4, 0.5) is 0 Å². The van der Waals surface area contributed by atoms with E-state index in [4.69, 9.17) is 4.74 Å². The fourth-order valence-electron chi connectivity index (χ4n) is 1.25. The summed E-state index contributed by atoms with van der Waals surface area (Å²) >= 11 is 0. The van der Waals surface area contributed by atoms with Crippen molar-refractivity contribution in [2.75, 3.05) is 13.2 Å². The van der Waals surface area contributed by atoms with E-state index in [1.54, 1.807) is 12.7 Å². The topological polar surface area (TPSA) is 39.9 Å². The van der Waals surface area contributed by atoms with Gasteiger partial charge in [-0.2, -0.15) is 5.10 Å². The molecule has 0 saturated carbocycles. The maximum Gasteiger partial charge on any atom is 0.137 e. The van der Waals surface area contributed by atoms with Crippen molar-refractivity contribution in [2.45, 2.75) is 13.5 Å². The summed E-state index contributed by atoms with van der Waals surface area (Å²) in [5, 5.41) is 4.03. The Balaban J connectivity index is 2.00. The highest BCUT2D eigenvalue weighted by Crippen LogP contribution is 2.27. The molecule has 0 bridgehead atoms. The van der Waals surface area contributed by atoms with Crippen LogP contribution in [0, 0.1) is 5.41 Å². The summed E-state index contributed by atoms with van der Waals surface area (Å²) in [5.41, 5.74) is 0.285. The van der Waals surface area contributed by atoms with Crippen LogP contribution in [-0.4, -0.2) is 28.0 Å². The molecule has 0 aromatic carbocycles. The fourth-order valence-corrected chi connectivity index (χ4v) is 1.25. The van der Waals surface area contributed by atoms with Gasteiger partial charge in [0.15, 0.2) is 0 Å². The molecular weight excluding hydrogens is 142 g/mol. The van der Waals surface area contributed by atoms with Crippen LogP contribution in [0.3, 0.4) is 0 Å². The van der Waals surface area contributed by atoms with Crippen molar-refractivity contribution in [1.29, 1.82) is 0 Å². The van der Waals surface area contributed by atoms with Crippen LogP contribution >= 0.6 is 0 Å². The molecular formula is C7H11N3O. The van der Waals surface area contributed by atoms with Gasteiger partial charge in [-0.15, -0.1) is 0 Å². The van der Waals surface area contributed by atoms with E-state index >= 15 is 0 Å². The number of hydrogen-bond donors (Lipinski definition) is 0. The molecule has 0 N–H and O–H groups in total. The molecule has 1 saturated heterocycles. The van der Waals surface area contributed by atoms with Crippen molar-refractivity contribution in [1.82, 2.24) is 14.8 Å². The van der Waals surface area contributed by atoms with Crippen LogP contribution in [-0.2, 0) is 11.3 Å². The lowest BCUT2D eigenvalue weighted by atomic mass is 9.89. The molecule has 1 aliphatic rings. The summed E-state index contributed by atoms with van der Waals surface area (Å²) < 4.78 is 6.97. The first kappa shape index (κ1) is 6.79. The lowest BCUT2D eigenvalue weighted by molar-refractivity contribution is -0.111. The zero-order chi connectivity index (χ0) is 7.73. The first-order valence-electron chi connectivity index (χ1n) is 3.69. The smallest absolute Gasteiger partial charge is 0.137 e. The molecule has 0 unspecified atom stereocenters. The van der Waals surface area contributed by atoms with Crippen LogP contribution < -0.4 is 0 Å². The zero-order valence-corrected chi connectivity index (χ0v) is 6.53. The largest absolute Gasteiger partial charge is 0.380 e. The van der Waals surface area contributed by atoms with Crippen LogP contribution in [0.25, 0.3) is 0 Å². The van der Waals surface area contributed by atoms with Crippen molar-refractivity contribution in [2.24, 2.45) is 5.41 Å². The number of ether oxygens (including phenoxy) is 1. The Hall–Kier alpha value is -0.900. The average Bonchev–Trinajstić information content (AvgIpc) is 2.36. The number of hydrogen-bond acceptors (Lipinski definition) is 3.